The number of carbonyl (C=O) groups is 1. The fourth-order valence-corrected chi connectivity index (χ4v) is 2.86. The number of nitrogens with one attached hydrogen (secondary N) is 1. The second-order valence-electron chi connectivity index (χ2n) is 5.49. The number of halogens is 3. The number of rotatable bonds is 5. The van der Waals surface area contributed by atoms with E-state index in [2.05, 4.69) is 15.3 Å². The molecule has 0 spiro atoms. The number of hydrogen-bond acceptors (Lipinski definition) is 4. The van der Waals surface area contributed by atoms with Gasteiger partial charge < -0.3 is 5.11 Å². The number of hydrogen-bond donors (Lipinski definition) is 2. The van der Waals surface area contributed by atoms with Gasteiger partial charge in [0.1, 0.15) is 12.1 Å². The molecule has 0 radical (unpaired) electrons. The number of nitrogens with zero attached hydrogens (tertiary/aromatic N) is 2. The van der Waals surface area contributed by atoms with Crippen molar-refractivity contribution in [2.45, 2.75) is 50.4 Å². The zero-order chi connectivity index (χ0) is 16.2. The Morgan fingerprint density at radius 3 is 2.45 bits per heavy atom. The van der Waals surface area contributed by atoms with Gasteiger partial charge in [-0.3, -0.25) is 20.1 Å². The van der Waals surface area contributed by atoms with Crippen molar-refractivity contribution in [3.05, 3.63) is 24.3 Å². The molecule has 0 aliphatic heterocycles. The summed E-state index contributed by atoms with van der Waals surface area (Å²) in [5.74, 6) is -1.56. The highest BCUT2D eigenvalue weighted by Gasteiger charge is 2.45. The molecule has 2 atom stereocenters. The third kappa shape index (κ3) is 4.16. The van der Waals surface area contributed by atoms with Crippen LogP contribution in [0.3, 0.4) is 0 Å². The molecule has 8 heteroatoms. The van der Waals surface area contributed by atoms with Crippen LogP contribution in [0.1, 0.15) is 43.8 Å². The predicted molar refractivity (Wildman–Crippen MR) is 72.0 cm³/mol. The predicted octanol–water partition coefficient (Wildman–Crippen LogP) is 2.70. The molecule has 0 unspecified atom stereocenters. The van der Waals surface area contributed by atoms with E-state index in [0.717, 1.165) is 31.7 Å². The molecule has 1 aliphatic rings. The lowest BCUT2D eigenvalue weighted by Crippen LogP contribution is -2.49. The summed E-state index contributed by atoms with van der Waals surface area (Å²) in [5.41, 5.74) is -0.322. The first-order valence-corrected chi connectivity index (χ1v) is 7.21. The normalized spacial score (nSPS) is 19.6. The zero-order valence-electron chi connectivity index (χ0n) is 11.9. The van der Waals surface area contributed by atoms with Crippen LogP contribution in [0.5, 0.6) is 0 Å². The Kier molecular flexibility index (Phi) is 5.33. The largest absolute Gasteiger partial charge is 0.480 e. The Labute approximate surface area is 126 Å². The third-order valence-electron chi connectivity index (χ3n) is 3.94. The molecule has 1 aromatic rings. The Morgan fingerprint density at radius 2 is 1.95 bits per heavy atom. The van der Waals surface area contributed by atoms with E-state index in [-0.39, 0.29) is 11.6 Å². The van der Waals surface area contributed by atoms with Gasteiger partial charge in [0.05, 0.1) is 11.9 Å². The third-order valence-corrected chi connectivity index (χ3v) is 3.94. The first-order valence-electron chi connectivity index (χ1n) is 7.21. The lowest BCUT2D eigenvalue weighted by Gasteiger charge is -2.31. The molecular formula is C14H18F3N3O2. The van der Waals surface area contributed by atoms with E-state index in [4.69, 9.17) is 0 Å². The van der Waals surface area contributed by atoms with Crippen molar-refractivity contribution in [2.75, 3.05) is 0 Å². The maximum atomic E-state index is 13.3. The summed E-state index contributed by atoms with van der Waals surface area (Å²) in [7, 11) is 0. The minimum Gasteiger partial charge on any atom is -0.480 e. The molecule has 0 saturated heterocycles. The molecule has 122 valence electrons. The van der Waals surface area contributed by atoms with Gasteiger partial charge in [0.2, 0.25) is 0 Å². The highest BCUT2D eigenvalue weighted by Crippen LogP contribution is 2.34. The van der Waals surface area contributed by atoms with Crippen molar-refractivity contribution < 1.29 is 23.1 Å². The van der Waals surface area contributed by atoms with Crippen LogP contribution in [0.25, 0.3) is 0 Å². The number of carboxylic acid groups (broad SMARTS) is 1. The Hall–Kier alpha value is -1.70. The average molecular weight is 317 g/mol. The lowest BCUT2D eigenvalue weighted by molar-refractivity contribution is -0.165. The van der Waals surface area contributed by atoms with E-state index in [0.29, 0.717) is 12.8 Å². The molecule has 1 fully saturated rings. The van der Waals surface area contributed by atoms with Crippen molar-refractivity contribution in [3.63, 3.8) is 0 Å². The standard InChI is InChI=1S/C14H18F3N3O2/c15-14(16,17)12(10-8-18-6-7-19-10)20-11(13(21)22)9-4-2-1-3-5-9/h6-9,11-12,20H,1-5H2,(H,21,22)/t11-,12+/m0/s1. The van der Waals surface area contributed by atoms with Gasteiger partial charge >= 0.3 is 12.1 Å². The summed E-state index contributed by atoms with van der Waals surface area (Å²) in [6.45, 7) is 0. The highest BCUT2D eigenvalue weighted by molar-refractivity contribution is 5.74. The van der Waals surface area contributed by atoms with Crippen LogP contribution >= 0.6 is 0 Å². The SMILES string of the molecule is O=C(O)[C@@H](N[C@H](c1cnccn1)C(F)(F)F)C1CCCCC1. The summed E-state index contributed by atoms with van der Waals surface area (Å²) in [6.07, 6.45) is 2.72. The Bertz CT molecular complexity index is 490. The molecule has 5 nitrogen and oxygen atoms in total. The number of aliphatic carboxylic acids is 1. The van der Waals surface area contributed by atoms with Crippen LogP contribution in [0, 0.1) is 5.92 Å². The van der Waals surface area contributed by atoms with E-state index in [1.54, 1.807) is 0 Å². The summed E-state index contributed by atoms with van der Waals surface area (Å²) in [4.78, 5) is 18.7. The molecule has 1 aromatic heterocycles. The fourth-order valence-electron chi connectivity index (χ4n) is 2.86. The minimum absolute atomic E-state index is 0.298. The first kappa shape index (κ1) is 16.7. The second-order valence-corrected chi connectivity index (χ2v) is 5.49. The van der Waals surface area contributed by atoms with Crippen LogP contribution < -0.4 is 5.32 Å². The zero-order valence-corrected chi connectivity index (χ0v) is 11.9. The quantitative estimate of drug-likeness (QED) is 0.873. The van der Waals surface area contributed by atoms with Crippen molar-refractivity contribution in [2.24, 2.45) is 5.92 Å². The molecule has 0 amide bonds. The molecular weight excluding hydrogens is 299 g/mol. The van der Waals surface area contributed by atoms with E-state index in [1.807, 2.05) is 0 Å². The number of alkyl halides is 3. The lowest BCUT2D eigenvalue weighted by atomic mass is 9.83. The van der Waals surface area contributed by atoms with Gasteiger partial charge in [-0.05, 0) is 18.8 Å². The van der Waals surface area contributed by atoms with Crippen LogP contribution in [0.15, 0.2) is 18.6 Å². The smallest absolute Gasteiger partial charge is 0.409 e. The maximum Gasteiger partial charge on any atom is 0.409 e. The van der Waals surface area contributed by atoms with E-state index in [9.17, 15) is 23.1 Å². The molecule has 2 rings (SSSR count). The van der Waals surface area contributed by atoms with Crippen molar-refractivity contribution >= 4 is 5.97 Å². The molecule has 1 saturated carbocycles. The van der Waals surface area contributed by atoms with Gasteiger partial charge in [0.25, 0.3) is 0 Å². The molecule has 2 N–H and O–H groups in total. The molecule has 22 heavy (non-hydrogen) atoms. The van der Waals surface area contributed by atoms with Gasteiger partial charge in [-0.2, -0.15) is 13.2 Å². The summed E-state index contributed by atoms with van der Waals surface area (Å²) in [6, 6.07) is -3.38. The molecule has 0 bridgehead atoms. The number of aromatic nitrogens is 2. The fraction of sp³-hybridized carbons (Fsp3) is 0.643. The summed E-state index contributed by atoms with van der Waals surface area (Å²) >= 11 is 0. The van der Waals surface area contributed by atoms with E-state index in [1.165, 1.54) is 6.20 Å². The molecule has 1 aliphatic carbocycles. The monoisotopic (exact) mass is 317 g/mol. The van der Waals surface area contributed by atoms with Gasteiger partial charge in [-0.25, -0.2) is 0 Å². The van der Waals surface area contributed by atoms with Crippen molar-refractivity contribution in [3.8, 4) is 0 Å². The average Bonchev–Trinajstić information content (AvgIpc) is 2.48. The molecule has 1 heterocycles. The summed E-state index contributed by atoms with van der Waals surface area (Å²) in [5, 5.41) is 11.6. The first-order chi connectivity index (χ1) is 10.4. The van der Waals surface area contributed by atoms with E-state index < -0.39 is 24.2 Å². The van der Waals surface area contributed by atoms with Gasteiger partial charge in [-0.1, -0.05) is 19.3 Å². The van der Waals surface area contributed by atoms with Crippen LogP contribution in [-0.2, 0) is 4.79 Å². The van der Waals surface area contributed by atoms with Crippen LogP contribution in [0.2, 0.25) is 0 Å². The topological polar surface area (TPSA) is 75.1 Å². The molecule has 0 aromatic carbocycles. The minimum atomic E-state index is -4.64. The second kappa shape index (κ2) is 7.04. The van der Waals surface area contributed by atoms with Crippen LogP contribution in [0.4, 0.5) is 13.2 Å². The van der Waals surface area contributed by atoms with Crippen LogP contribution in [-0.4, -0.2) is 33.3 Å². The Balaban J connectivity index is 2.21. The maximum absolute atomic E-state index is 13.3. The number of carboxylic acids is 1. The highest BCUT2D eigenvalue weighted by atomic mass is 19.4. The van der Waals surface area contributed by atoms with Crippen molar-refractivity contribution in [1.29, 1.82) is 0 Å². The van der Waals surface area contributed by atoms with Gasteiger partial charge in [-0.15, -0.1) is 0 Å². The Morgan fingerprint density at radius 1 is 1.27 bits per heavy atom. The van der Waals surface area contributed by atoms with Gasteiger partial charge in [0, 0.05) is 12.4 Å². The van der Waals surface area contributed by atoms with Gasteiger partial charge in [0.15, 0.2) is 0 Å². The van der Waals surface area contributed by atoms with E-state index >= 15 is 0 Å². The van der Waals surface area contributed by atoms with Crippen molar-refractivity contribution in [1.82, 2.24) is 15.3 Å². The summed E-state index contributed by atoms with van der Waals surface area (Å²) < 4.78 is 39.8.